The normalized spacial score (nSPS) is 17.3. The molecule has 0 aromatic heterocycles. The molecule has 2 aromatic carbocycles. The molecule has 156 valence electrons. The van der Waals surface area contributed by atoms with Gasteiger partial charge in [-0.05, 0) is 44.1 Å². The molecule has 29 heavy (non-hydrogen) atoms. The number of halogens is 1. The number of rotatable bonds is 6. The fourth-order valence-corrected chi connectivity index (χ4v) is 5.67. The highest BCUT2D eigenvalue weighted by Crippen LogP contribution is 2.42. The van der Waals surface area contributed by atoms with E-state index in [9.17, 15) is 13.2 Å². The second kappa shape index (κ2) is 8.71. The summed E-state index contributed by atoms with van der Waals surface area (Å²) in [7, 11) is -2.86. The third kappa shape index (κ3) is 4.11. The number of nitrogens with one attached hydrogen (secondary N) is 2. The van der Waals surface area contributed by atoms with Gasteiger partial charge in [0.2, 0.25) is 10.0 Å². The summed E-state index contributed by atoms with van der Waals surface area (Å²) in [6.07, 6.45) is 1.02. The van der Waals surface area contributed by atoms with E-state index in [1.807, 2.05) is 0 Å². The maximum Gasteiger partial charge on any atom is 0.256 e. The van der Waals surface area contributed by atoms with E-state index in [-0.39, 0.29) is 16.1 Å². The zero-order valence-corrected chi connectivity index (χ0v) is 17.6. The van der Waals surface area contributed by atoms with E-state index < -0.39 is 26.7 Å². The zero-order valence-electron chi connectivity index (χ0n) is 16.0. The summed E-state index contributed by atoms with van der Waals surface area (Å²) in [6.45, 7) is 1.22. The number of para-hydroxylation sites is 1. The lowest BCUT2D eigenvalue weighted by Crippen LogP contribution is -2.60. The van der Waals surface area contributed by atoms with E-state index in [1.165, 1.54) is 7.11 Å². The molecule has 1 aliphatic heterocycles. The van der Waals surface area contributed by atoms with Crippen molar-refractivity contribution >= 4 is 27.5 Å². The molecule has 3 rings (SSSR count). The molecule has 0 spiro atoms. The molecule has 1 saturated heterocycles. The molecule has 0 radical (unpaired) electrons. The highest BCUT2D eigenvalue weighted by atomic mass is 35.5. The standard InChI is InChI=1S/C20H24ClN3O4S/c1-28-18-9-5-2-6-15(18)19(25)24-20(29(22,26)27,14-10-12-23-13-11-14)16-7-3-4-8-17(16)21/h2-9,14,23H,10-13H2,1H3,(H,24,25)(H2,22,26,27). The number of hydrogen-bond acceptors (Lipinski definition) is 5. The van der Waals surface area contributed by atoms with Crippen molar-refractivity contribution in [1.82, 2.24) is 10.6 Å². The van der Waals surface area contributed by atoms with Crippen LogP contribution in [0.3, 0.4) is 0 Å². The molecule has 0 bridgehead atoms. The summed E-state index contributed by atoms with van der Waals surface area (Å²) in [6, 6.07) is 13.2. The highest BCUT2D eigenvalue weighted by Gasteiger charge is 2.52. The monoisotopic (exact) mass is 437 g/mol. The first-order chi connectivity index (χ1) is 13.8. The van der Waals surface area contributed by atoms with Gasteiger partial charge < -0.3 is 15.4 Å². The Balaban J connectivity index is 2.19. The van der Waals surface area contributed by atoms with Crippen LogP contribution in [0.5, 0.6) is 5.75 Å². The minimum absolute atomic E-state index is 0.212. The van der Waals surface area contributed by atoms with Gasteiger partial charge in [0.15, 0.2) is 4.87 Å². The van der Waals surface area contributed by atoms with Crippen LogP contribution in [0.1, 0.15) is 28.8 Å². The lowest BCUT2D eigenvalue weighted by molar-refractivity contribution is 0.0887. The van der Waals surface area contributed by atoms with Crippen LogP contribution >= 0.6 is 11.6 Å². The molecule has 1 amide bonds. The smallest absolute Gasteiger partial charge is 0.256 e. The van der Waals surface area contributed by atoms with Crippen molar-refractivity contribution in [2.75, 3.05) is 20.2 Å². The number of benzene rings is 2. The Labute approximate surface area is 175 Å². The highest BCUT2D eigenvalue weighted by molar-refractivity contribution is 7.90. The number of amides is 1. The van der Waals surface area contributed by atoms with E-state index in [0.29, 0.717) is 31.7 Å². The van der Waals surface area contributed by atoms with Crippen molar-refractivity contribution in [1.29, 1.82) is 0 Å². The first-order valence-electron chi connectivity index (χ1n) is 9.25. The third-order valence-corrected chi connectivity index (χ3v) is 7.17. The Morgan fingerprint density at radius 3 is 2.41 bits per heavy atom. The largest absolute Gasteiger partial charge is 0.496 e. The summed E-state index contributed by atoms with van der Waals surface area (Å²) >= 11 is 6.41. The van der Waals surface area contributed by atoms with Crippen LogP contribution in [-0.4, -0.2) is 34.5 Å². The van der Waals surface area contributed by atoms with Gasteiger partial charge in [0.1, 0.15) is 5.75 Å². The minimum Gasteiger partial charge on any atom is -0.496 e. The number of nitrogens with two attached hydrogens (primary N) is 1. The average molecular weight is 438 g/mol. The zero-order chi connectivity index (χ0) is 21.1. The Kier molecular flexibility index (Phi) is 6.48. The van der Waals surface area contributed by atoms with Crippen LogP contribution in [0.2, 0.25) is 5.02 Å². The number of primary sulfonamides is 1. The van der Waals surface area contributed by atoms with Gasteiger partial charge >= 0.3 is 0 Å². The van der Waals surface area contributed by atoms with Crippen molar-refractivity contribution < 1.29 is 17.9 Å². The van der Waals surface area contributed by atoms with Crippen molar-refractivity contribution in [3.63, 3.8) is 0 Å². The van der Waals surface area contributed by atoms with Gasteiger partial charge in [-0.15, -0.1) is 0 Å². The van der Waals surface area contributed by atoms with Crippen LogP contribution in [0.4, 0.5) is 0 Å². The SMILES string of the molecule is COc1ccccc1C(=O)NC(c1ccccc1Cl)(C1CCNCC1)S(N)(=O)=O. The molecular formula is C20H24ClN3O4S. The van der Waals surface area contributed by atoms with Gasteiger partial charge in [-0.1, -0.05) is 41.9 Å². The van der Waals surface area contributed by atoms with Gasteiger partial charge in [-0.25, -0.2) is 13.6 Å². The number of ether oxygens (including phenoxy) is 1. The maximum absolute atomic E-state index is 13.2. The maximum atomic E-state index is 13.2. The first kappa shape index (κ1) is 21.6. The molecular weight excluding hydrogens is 414 g/mol. The molecule has 1 heterocycles. The van der Waals surface area contributed by atoms with Gasteiger partial charge in [0.05, 0.1) is 12.7 Å². The predicted molar refractivity (Wildman–Crippen MR) is 112 cm³/mol. The number of methoxy groups -OCH3 is 1. The number of piperidine rings is 1. The molecule has 1 unspecified atom stereocenters. The van der Waals surface area contributed by atoms with Crippen molar-refractivity contribution in [2.24, 2.45) is 11.1 Å². The Hall–Kier alpha value is -2.13. The quantitative estimate of drug-likeness (QED) is 0.641. The van der Waals surface area contributed by atoms with Crippen LogP contribution in [0, 0.1) is 5.92 Å². The van der Waals surface area contributed by atoms with E-state index in [0.717, 1.165) is 0 Å². The molecule has 2 aromatic rings. The first-order valence-corrected chi connectivity index (χ1v) is 11.2. The van der Waals surface area contributed by atoms with Gasteiger partial charge in [0, 0.05) is 16.5 Å². The molecule has 4 N–H and O–H groups in total. The fourth-order valence-electron chi connectivity index (χ4n) is 3.91. The second-order valence-corrected chi connectivity index (χ2v) is 9.08. The lowest BCUT2D eigenvalue weighted by Gasteiger charge is -2.42. The van der Waals surface area contributed by atoms with Crippen molar-refractivity contribution in [3.05, 3.63) is 64.7 Å². The molecule has 1 aliphatic rings. The van der Waals surface area contributed by atoms with Crippen LogP contribution in [0.25, 0.3) is 0 Å². The average Bonchev–Trinajstić information content (AvgIpc) is 2.72. The van der Waals surface area contributed by atoms with E-state index >= 15 is 0 Å². The van der Waals surface area contributed by atoms with Crippen molar-refractivity contribution in [2.45, 2.75) is 17.7 Å². The third-order valence-electron chi connectivity index (χ3n) is 5.29. The summed E-state index contributed by atoms with van der Waals surface area (Å²) in [5.41, 5.74) is 0.475. The van der Waals surface area contributed by atoms with Gasteiger partial charge in [0.25, 0.3) is 5.91 Å². The second-order valence-electron chi connectivity index (χ2n) is 6.94. The lowest BCUT2D eigenvalue weighted by atomic mass is 9.84. The molecule has 1 fully saturated rings. The van der Waals surface area contributed by atoms with Crippen LogP contribution in [-0.2, 0) is 14.9 Å². The number of hydrogen-bond donors (Lipinski definition) is 3. The van der Waals surface area contributed by atoms with Gasteiger partial charge in [-0.3, -0.25) is 4.79 Å². The Morgan fingerprint density at radius 2 is 1.79 bits per heavy atom. The summed E-state index contributed by atoms with van der Waals surface area (Å²) in [5.74, 6) is -0.731. The molecule has 9 heteroatoms. The fraction of sp³-hybridized carbons (Fsp3) is 0.350. The topological polar surface area (TPSA) is 111 Å². The number of carbonyl (C=O) groups is 1. The van der Waals surface area contributed by atoms with E-state index in [4.69, 9.17) is 21.5 Å². The Bertz CT molecular complexity index is 993. The Morgan fingerprint density at radius 1 is 1.17 bits per heavy atom. The van der Waals surface area contributed by atoms with E-state index in [1.54, 1.807) is 48.5 Å². The molecule has 1 atom stereocenters. The van der Waals surface area contributed by atoms with Gasteiger partial charge in [-0.2, -0.15) is 0 Å². The summed E-state index contributed by atoms with van der Waals surface area (Å²) in [4.78, 5) is 11.4. The number of sulfonamides is 1. The van der Waals surface area contributed by atoms with Crippen LogP contribution < -0.4 is 20.5 Å². The van der Waals surface area contributed by atoms with E-state index in [2.05, 4.69) is 10.6 Å². The van der Waals surface area contributed by atoms with Crippen LogP contribution in [0.15, 0.2) is 48.5 Å². The summed E-state index contributed by atoms with van der Waals surface area (Å²) < 4.78 is 31.4. The minimum atomic E-state index is -4.31. The molecule has 0 aliphatic carbocycles. The molecule has 0 saturated carbocycles. The van der Waals surface area contributed by atoms with Crippen molar-refractivity contribution in [3.8, 4) is 5.75 Å². The summed E-state index contributed by atoms with van der Waals surface area (Å²) in [5, 5.41) is 12.0. The molecule has 7 nitrogen and oxygen atoms in total. The number of carbonyl (C=O) groups excluding carboxylic acids is 1. The predicted octanol–water partition coefficient (Wildman–Crippen LogP) is 2.22.